The summed E-state index contributed by atoms with van der Waals surface area (Å²) in [5.74, 6) is -0.736. The zero-order valence-corrected chi connectivity index (χ0v) is 20.5. The summed E-state index contributed by atoms with van der Waals surface area (Å²) < 4.78 is 17.3. The fourth-order valence-electron chi connectivity index (χ4n) is 6.93. The van der Waals surface area contributed by atoms with Crippen LogP contribution >= 0.6 is 0 Å². The zero-order chi connectivity index (χ0) is 24.5. The second-order valence-electron chi connectivity index (χ2n) is 10.9. The first-order valence-electron chi connectivity index (χ1n) is 11.6. The molecule has 0 bridgehead atoms. The van der Waals surface area contributed by atoms with Gasteiger partial charge in [-0.15, -0.1) is 0 Å². The minimum absolute atomic E-state index is 0.0137. The summed E-state index contributed by atoms with van der Waals surface area (Å²) in [4.78, 5) is 38.0. The first-order chi connectivity index (χ1) is 15.3. The number of carbonyl (C=O) groups excluding carboxylic acids is 2. The fourth-order valence-corrected chi connectivity index (χ4v) is 6.93. The van der Waals surface area contributed by atoms with Crippen LogP contribution in [0.3, 0.4) is 0 Å². The van der Waals surface area contributed by atoms with E-state index < -0.39 is 40.1 Å². The smallest absolute Gasteiger partial charge is 0.342 e. The van der Waals surface area contributed by atoms with E-state index in [9.17, 15) is 19.5 Å². The molecule has 1 saturated heterocycles. The maximum atomic E-state index is 13.2. The van der Waals surface area contributed by atoms with Crippen molar-refractivity contribution >= 4 is 11.9 Å². The maximum absolute atomic E-state index is 13.2. The summed E-state index contributed by atoms with van der Waals surface area (Å²) in [6.45, 7) is 11.3. The second-order valence-corrected chi connectivity index (χ2v) is 10.9. The molecule has 5 atom stereocenters. The number of hydrogen-bond donors (Lipinski definition) is 1. The lowest BCUT2D eigenvalue weighted by Gasteiger charge is -2.60. The van der Waals surface area contributed by atoms with Gasteiger partial charge in [-0.2, -0.15) is 0 Å². The molecule has 3 aliphatic rings. The van der Waals surface area contributed by atoms with E-state index >= 15 is 0 Å². The van der Waals surface area contributed by atoms with Gasteiger partial charge in [-0.05, 0) is 65.0 Å². The first kappa shape index (κ1) is 23.7. The van der Waals surface area contributed by atoms with Crippen molar-refractivity contribution in [3.63, 3.8) is 0 Å². The molecule has 0 amide bonds. The Bertz CT molecular complexity index is 1090. The van der Waals surface area contributed by atoms with Gasteiger partial charge in [-0.1, -0.05) is 13.0 Å². The van der Waals surface area contributed by atoms with Crippen molar-refractivity contribution in [2.24, 2.45) is 17.3 Å². The van der Waals surface area contributed by atoms with Gasteiger partial charge >= 0.3 is 11.9 Å². The van der Waals surface area contributed by atoms with Crippen LogP contribution in [0.1, 0.15) is 74.0 Å². The van der Waals surface area contributed by atoms with Crippen molar-refractivity contribution < 1.29 is 28.9 Å². The monoisotopic (exact) mass is 458 g/mol. The van der Waals surface area contributed by atoms with Crippen LogP contribution in [-0.2, 0) is 20.7 Å². The topological polar surface area (TPSA) is 99.1 Å². The molecular formula is C26H34O7. The van der Waals surface area contributed by atoms with Crippen LogP contribution in [0.15, 0.2) is 10.9 Å². The molecule has 0 spiro atoms. The number of cyclic esters (lactones) is 1. The van der Waals surface area contributed by atoms with Gasteiger partial charge in [0.1, 0.15) is 22.5 Å². The van der Waals surface area contributed by atoms with E-state index in [1.807, 2.05) is 33.8 Å². The molecule has 180 valence electrons. The molecular weight excluding hydrogens is 424 g/mol. The highest BCUT2D eigenvalue weighted by molar-refractivity contribution is 5.91. The molecule has 7 nitrogen and oxygen atoms in total. The summed E-state index contributed by atoms with van der Waals surface area (Å²) in [5.41, 5.74) is -0.666. The Morgan fingerprint density at radius 3 is 2.39 bits per heavy atom. The van der Waals surface area contributed by atoms with Gasteiger partial charge in [0.05, 0.1) is 19.6 Å². The fraction of sp³-hybridized carbons (Fsp3) is 0.654. The maximum Gasteiger partial charge on any atom is 0.342 e. The number of aryl methyl sites for hydroxylation is 1. The van der Waals surface area contributed by atoms with Crippen LogP contribution in [0, 0.1) is 31.1 Å². The van der Waals surface area contributed by atoms with Crippen molar-refractivity contribution in [2.45, 2.75) is 84.5 Å². The number of carbonyl (C=O) groups is 2. The first-order valence-corrected chi connectivity index (χ1v) is 11.6. The molecule has 2 aliphatic heterocycles. The summed E-state index contributed by atoms with van der Waals surface area (Å²) in [6.07, 6.45) is 1.02. The molecule has 1 N–H and O–H groups in total. The standard InChI is InChI=1S/C26H34O7/c1-13-10-15-11-17-25(5,33-22(15)14(2)21(29)20(13)23(30)31-7)9-8-16-24(3,4)32-19(28)12-18(27)26(16,17)6/h10,16-18,27H,8-9,11-12H2,1-7H3/t16-,17+,18+,25-,26-/m0/s1. The van der Waals surface area contributed by atoms with Crippen LogP contribution in [0.25, 0.3) is 0 Å². The highest BCUT2D eigenvalue weighted by atomic mass is 16.6. The Kier molecular flexibility index (Phi) is 5.43. The summed E-state index contributed by atoms with van der Waals surface area (Å²) in [7, 11) is 1.26. The number of methoxy groups -OCH3 is 1. The van der Waals surface area contributed by atoms with E-state index in [0.29, 0.717) is 36.1 Å². The van der Waals surface area contributed by atoms with E-state index in [2.05, 4.69) is 0 Å². The quantitative estimate of drug-likeness (QED) is 0.645. The zero-order valence-electron chi connectivity index (χ0n) is 20.5. The van der Waals surface area contributed by atoms with E-state index in [1.54, 1.807) is 13.8 Å². The van der Waals surface area contributed by atoms with Crippen molar-refractivity contribution in [3.8, 4) is 5.75 Å². The van der Waals surface area contributed by atoms with Gasteiger partial charge in [-0.3, -0.25) is 9.59 Å². The lowest BCUT2D eigenvalue weighted by atomic mass is 9.49. The number of ether oxygens (including phenoxy) is 3. The average molecular weight is 459 g/mol. The average Bonchev–Trinajstić information content (AvgIpc) is 2.84. The molecule has 7 heteroatoms. The van der Waals surface area contributed by atoms with Crippen LogP contribution in [0.4, 0.5) is 0 Å². The van der Waals surface area contributed by atoms with E-state index in [4.69, 9.17) is 14.2 Å². The molecule has 2 heterocycles. The van der Waals surface area contributed by atoms with Crippen LogP contribution < -0.4 is 10.2 Å². The SMILES string of the molecule is COC(=O)c1c(C)cc2c(c(C)c1=O)O[C@@]1(C)CC[C@H]3C(C)(C)OC(=O)C[C@@H](O)[C@]3(C)[C@@H]1C2. The molecule has 1 aromatic rings. The summed E-state index contributed by atoms with van der Waals surface area (Å²) in [6, 6.07) is 1.83. The van der Waals surface area contributed by atoms with Gasteiger partial charge in [0.2, 0.25) is 0 Å². The van der Waals surface area contributed by atoms with Gasteiger partial charge in [0, 0.05) is 22.8 Å². The highest BCUT2D eigenvalue weighted by Crippen LogP contribution is 2.61. The van der Waals surface area contributed by atoms with Crippen LogP contribution in [0.5, 0.6) is 5.75 Å². The van der Waals surface area contributed by atoms with Crippen molar-refractivity contribution in [1.29, 1.82) is 0 Å². The lowest BCUT2D eigenvalue weighted by Crippen LogP contribution is -2.64. The largest absolute Gasteiger partial charge is 0.487 e. The summed E-state index contributed by atoms with van der Waals surface area (Å²) in [5, 5.41) is 11.3. The third-order valence-corrected chi connectivity index (χ3v) is 8.60. The molecule has 1 aliphatic carbocycles. The molecule has 0 radical (unpaired) electrons. The van der Waals surface area contributed by atoms with Gasteiger partial charge < -0.3 is 19.3 Å². The van der Waals surface area contributed by atoms with Gasteiger partial charge in [-0.25, -0.2) is 4.79 Å². The van der Waals surface area contributed by atoms with Gasteiger partial charge in [0.15, 0.2) is 5.43 Å². The predicted molar refractivity (Wildman–Crippen MR) is 121 cm³/mol. The third-order valence-electron chi connectivity index (χ3n) is 8.60. The molecule has 33 heavy (non-hydrogen) atoms. The number of hydrogen-bond acceptors (Lipinski definition) is 7. The summed E-state index contributed by atoms with van der Waals surface area (Å²) >= 11 is 0. The van der Waals surface area contributed by atoms with E-state index in [0.717, 1.165) is 5.56 Å². The number of aliphatic hydroxyl groups excluding tert-OH is 1. The Hall–Kier alpha value is -2.41. The van der Waals surface area contributed by atoms with Crippen molar-refractivity contribution in [2.75, 3.05) is 7.11 Å². The normalized spacial score (nSPS) is 34.5. The lowest BCUT2D eigenvalue weighted by molar-refractivity contribution is -0.193. The van der Waals surface area contributed by atoms with Crippen LogP contribution in [0.2, 0.25) is 0 Å². The second kappa shape index (κ2) is 7.55. The molecule has 0 aromatic heterocycles. The predicted octanol–water partition coefficient (Wildman–Crippen LogP) is 3.26. The van der Waals surface area contributed by atoms with Gasteiger partial charge in [0.25, 0.3) is 0 Å². The Labute approximate surface area is 194 Å². The molecule has 1 saturated carbocycles. The number of esters is 2. The Morgan fingerprint density at radius 2 is 1.76 bits per heavy atom. The molecule has 2 fully saturated rings. The minimum atomic E-state index is -0.882. The number of rotatable bonds is 1. The third kappa shape index (κ3) is 3.38. The van der Waals surface area contributed by atoms with E-state index in [1.165, 1.54) is 7.11 Å². The van der Waals surface area contributed by atoms with Crippen molar-refractivity contribution in [1.82, 2.24) is 0 Å². The Balaban J connectivity index is 1.92. The highest BCUT2D eigenvalue weighted by Gasteiger charge is 2.64. The number of aliphatic hydroxyl groups is 1. The van der Waals surface area contributed by atoms with Crippen LogP contribution in [-0.4, -0.2) is 41.5 Å². The molecule has 1 aromatic carbocycles. The van der Waals surface area contributed by atoms with E-state index in [-0.39, 0.29) is 23.8 Å². The minimum Gasteiger partial charge on any atom is -0.487 e. The molecule has 4 rings (SSSR count). The number of fused-ring (bicyclic) bond motifs is 4. The molecule has 0 unspecified atom stereocenters. The Morgan fingerprint density at radius 1 is 1.09 bits per heavy atom. The van der Waals surface area contributed by atoms with Crippen molar-refractivity contribution in [3.05, 3.63) is 38.5 Å².